The summed E-state index contributed by atoms with van der Waals surface area (Å²) in [6.45, 7) is 0.609. The van der Waals surface area contributed by atoms with Crippen LogP contribution in [0.2, 0.25) is 0 Å². The molecule has 22 heavy (non-hydrogen) atoms. The lowest BCUT2D eigenvalue weighted by Gasteiger charge is -2.14. The summed E-state index contributed by atoms with van der Waals surface area (Å²) in [5.41, 5.74) is 7.18. The van der Waals surface area contributed by atoms with Crippen molar-refractivity contribution in [2.75, 3.05) is 11.9 Å². The summed E-state index contributed by atoms with van der Waals surface area (Å²) in [7, 11) is 0. The summed E-state index contributed by atoms with van der Waals surface area (Å²) in [6.07, 6.45) is 1.39. The quantitative estimate of drug-likeness (QED) is 0.559. The van der Waals surface area contributed by atoms with Crippen molar-refractivity contribution in [1.82, 2.24) is 10.3 Å². The number of nitrogens with one attached hydrogen (secondary N) is 2. The Morgan fingerprint density at radius 2 is 2.09 bits per heavy atom. The number of carbonyl (C=O) groups is 1. The van der Waals surface area contributed by atoms with Crippen molar-refractivity contribution < 1.29 is 9.90 Å². The standard InChI is InChI=1S/C15H20N4O2S/c16-9-5-4-8-12(19-15(20)21)13-10-22-14(18-13)17-11-6-2-1-3-7-11/h1-3,6-7,10,12,19H,4-5,8-9,16H2,(H,17,18)(H,20,21). The second-order valence-electron chi connectivity index (χ2n) is 4.86. The van der Waals surface area contributed by atoms with Gasteiger partial charge in [-0.3, -0.25) is 0 Å². The molecule has 0 saturated carbocycles. The molecule has 1 unspecified atom stereocenters. The number of hydrogen-bond acceptors (Lipinski definition) is 5. The second kappa shape index (κ2) is 8.35. The average molecular weight is 320 g/mol. The van der Waals surface area contributed by atoms with Crippen LogP contribution >= 0.6 is 11.3 Å². The van der Waals surface area contributed by atoms with Crippen molar-refractivity contribution in [3.05, 3.63) is 41.4 Å². The van der Waals surface area contributed by atoms with E-state index >= 15 is 0 Å². The highest BCUT2D eigenvalue weighted by Crippen LogP contribution is 2.26. The van der Waals surface area contributed by atoms with Gasteiger partial charge in [-0.15, -0.1) is 11.3 Å². The van der Waals surface area contributed by atoms with Crippen LogP contribution in [0.4, 0.5) is 15.6 Å². The smallest absolute Gasteiger partial charge is 0.405 e. The average Bonchev–Trinajstić information content (AvgIpc) is 2.95. The van der Waals surface area contributed by atoms with Crippen LogP contribution in [0.25, 0.3) is 0 Å². The first-order chi connectivity index (χ1) is 10.7. The summed E-state index contributed by atoms with van der Waals surface area (Å²) in [6, 6.07) is 9.44. The van der Waals surface area contributed by atoms with E-state index in [1.807, 2.05) is 35.7 Å². The van der Waals surface area contributed by atoms with E-state index in [1.165, 1.54) is 11.3 Å². The number of nitrogens with zero attached hydrogens (tertiary/aromatic N) is 1. The van der Waals surface area contributed by atoms with Gasteiger partial charge in [-0.1, -0.05) is 18.2 Å². The molecule has 0 aliphatic carbocycles. The number of anilines is 2. The van der Waals surface area contributed by atoms with E-state index in [9.17, 15) is 4.79 Å². The van der Waals surface area contributed by atoms with Gasteiger partial charge < -0.3 is 21.5 Å². The molecule has 0 radical (unpaired) electrons. The Balaban J connectivity index is 2.03. The van der Waals surface area contributed by atoms with Gasteiger partial charge in [-0.2, -0.15) is 0 Å². The highest BCUT2D eigenvalue weighted by Gasteiger charge is 2.17. The largest absolute Gasteiger partial charge is 0.465 e. The maximum atomic E-state index is 10.9. The van der Waals surface area contributed by atoms with Crippen molar-refractivity contribution in [3.8, 4) is 0 Å². The molecular formula is C15H20N4O2S. The van der Waals surface area contributed by atoms with Crippen molar-refractivity contribution in [1.29, 1.82) is 0 Å². The predicted octanol–water partition coefficient (Wildman–Crippen LogP) is 3.32. The zero-order chi connectivity index (χ0) is 15.8. The number of hydrogen-bond donors (Lipinski definition) is 4. The number of amides is 1. The molecule has 7 heteroatoms. The lowest BCUT2D eigenvalue weighted by Crippen LogP contribution is -2.27. The molecular weight excluding hydrogens is 300 g/mol. The van der Waals surface area contributed by atoms with Crippen LogP contribution in [0.3, 0.4) is 0 Å². The minimum atomic E-state index is -1.04. The molecule has 0 bridgehead atoms. The van der Waals surface area contributed by atoms with Gasteiger partial charge in [0.05, 0.1) is 11.7 Å². The monoisotopic (exact) mass is 320 g/mol. The van der Waals surface area contributed by atoms with E-state index in [0.717, 1.165) is 29.4 Å². The molecule has 1 aromatic heterocycles. The number of nitrogens with two attached hydrogens (primary N) is 1. The minimum Gasteiger partial charge on any atom is -0.465 e. The van der Waals surface area contributed by atoms with Crippen LogP contribution in [0.5, 0.6) is 0 Å². The molecule has 118 valence electrons. The fraction of sp³-hybridized carbons (Fsp3) is 0.333. The van der Waals surface area contributed by atoms with Crippen molar-refractivity contribution >= 4 is 28.2 Å². The van der Waals surface area contributed by atoms with Crippen LogP contribution in [-0.2, 0) is 0 Å². The van der Waals surface area contributed by atoms with E-state index < -0.39 is 6.09 Å². The topological polar surface area (TPSA) is 100 Å². The van der Waals surface area contributed by atoms with Crippen LogP contribution in [0.15, 0.2) is 35.7 Å². The normalized spacial score (nSPS) is 11.9. The van der Waals surface area contributed by atoms with E-state index in [-0.39, 0.29) is 6.04 Å². The number of carboxylic acid groups (broad SMARTS) is 1. The third-order valence-corrected chi connectivity index (χ3v) is 3.92. The maximum Gasteiger partial charge on any atom is 0.405 e. The molecule has 0 fully saturated rings. The first kappa shape index (κ1) is 16.3. The summed E-state index contributed by atoms with van der Waals surface area (Å²) in [5.74, 6) is 0. The fourth-order valence-corrected chi connectivity index (χ4v) is 2.87. The molecule has 5 N–H and O–H groups in total. The van der Waals surface area contributed by atoms with E-state index in [2.05, 4.69) is 15.6 Å². The van der Waals surface area contributed by atoms with E-state index in [4.69, 9.17) is 10.8 Å². The number of aromatic nitrogens is 1. The summed E-state index contributed by atoms with van der Waals surface area (Å²) in [4.78, 5) is 15.4. The third kappa shape index (κ3) is 5.01. The Morgan fingerprint density at radius 1 is 1.32 bits per heavy atom. The maximum absolute atomic E-state index is 10.9. The van der Waals surface area contributed by atoms with Gasteiger partial charge in [0.1, 0.15) is 0 Å². The van der Waals surface area contributed by atoms with Gasteiger partial charge >= 0.3 is 6.09 Å². The molecule has 1 atom stereocenters. The van der Waals surface area contributed by atoms with Crippen LogP contribution in [0, 0.1) is 0 Å². The molecule has 1 amide bonds. The van der Waals surface area contributed by atoms with Gasteiger partial charge in [0, 0.05) is 11.1 Å². The number of thiazole rings is 1. The molecule has 0 aliphatic rings. The molecule has 1 aromatic carbocycles. The summed E-state index contributed by atoms with van der Waals surface area (Å²) < 4.78 is 0. The molecule has 1 heterocycles. The van der Waals surface area contributed by atoms with E-state index in [1.54, 1.807) is 0 Å². The van der Waals surface area contributed by atoms with Gasteiger partial charge in [-0.05, 0) is 37.9 Å². The second-order valence-corrected chi connectivity index (χ2v) is 5.71. The zero-order valence-electron chi connectivity index (χ0n) is 12.2. The number of rotatable bonds is 8. The predicted molar refractivity (Wildman–Crippen MR) is 88.6 cm³/mol. The molecule has 6 nitrogen and oxygen atoms in total. The minimum absolute atomic E-state index is 0.299. The Labute approximate surface area is 133 Å². The van der Waals surface area contributed by atoms with Crippen molar-refractivity contribution in [2.45, 2.75) is 25.3 Å². The number of benzene rings is 1. The highest BCUT2D eigenvalue weighted by atomic mass is 32.1. The first-order valence-electron chi connectivity index (χ1n) is 7.16. The van der Waals surface area contributed by atoms with E-state index in [0.29, 0.717) is 13.0 Å². The van der Waals surface area contributed by atoms with Crippen molar-refractivity contribution in [2.24, 2.45) is 5.73 Å². The molecule has 0 saturated heterocycles. The Morgan fingerprint density at radius 3 is 2.77 bits per heavy atom. The van der Waals surface area contributed by atoms with Crippen LogP contribution in [-0.4, -0.2) is 22.7 Å². The number of unbranched alkanes of at least 4 members (excludes halogenated alkanes) is 1. The lowest BCUT2D eigenvalue weighted by atomic mass is 10.1. The Kier molecular flexibility index (Phi) is 6.17. The third-order valence-electron chi connectivity index (χ3n) is 3.15. The fourth-order valence-electron chi connectivity index (χ4n) is 2.08. The lowest BCUT2D eigenvalue weighted by molar-refractivity contribution is 0.188. The number of para-hydroxylation sites is 1. The first-order valence-corrected chi connectivity index (χ1v) is 8.04. The van der Waals surface area contributed by atoms with Gasteiger partial charge in [0.25, 0.3) is 0 Å². The zero-order valence-corrected chi connectivity index (χ0v) is 13.0. The van der Waals surface area contributed by atoms with Gasteiger partial charge in [0.15, 0.2) is 5.13 Å². The molecule has 0 aliphatic heterocycles. The Bertz CT molecular complexity index is 588. The molecule has 0 spiro atoms. The van der Waals surface area contributed by atoms with Crippen LogP contribution < -0.4 is 16.4 Å². The van der Waals surface area contributed by atoms with Gasteiger partial charge in [0.2, 0.25) is 0 Å². The summed E-state index contributed by atoms with van der Waals surface area (Å²) in [5, 5.41) is 17.3. The molecule has 2 rings (SSSR count). The summed E-state index contributed by atoms with van der Waals surface area (Å²) >= 11 is 1.46. The van der Waals surface area contributed by atoms with Crippen molar-refractivity contribution in [3.63, 3.8) is 0 Å². The molecule has 2 aromatic rings. The van der Waals surface area contributed by atoms with Gasteiger partial charge in [-0.25, -0.2) is 9.78 Å². The SMILES string of the molecule is NCCCCC(NC(=O)O)c1csc(Nc2ccccc2)n1. The highest BCUT2D eigenvalue weighted by molar-refractivity contribution is 7.13. The van der Waals surface area contributed by atoms with Crippen LogP contribution in [0.1, 0.15) is 31.0 Å². The Hall–Kier alpha value is -2.12.